The van der Waals surface area contributed by atoms with Gasteiger partial charge in [0.2, 0.25) is 23.6 Å². The van der Waals surface area contributed by atoms with E-state index < -0.39 is 59.9 Å². The molecule has 0 unspecified atom stereocenters. The van der Waals surface area contributed by atoms with E-state index in [1.807, 2.05) is 26.8 Å². The molecule has 0 saturated heterocycles. The summed E-state index contributed by atoms with van der Waals surface area (Å²) in [4.78, 5) is 75.7. The number of alkyl carbamates (subject to hydrolysis) is 1. The summed E-state index contributed by atoms with van der Waals surface area (Å²) in [7, 11) is 4.29. The van der Waals surface area contributed by atoms with E-state index in [2.05, 4.69) is 21.3 Å². The molecule has 0 spiro atoms. The zero-order valence-electron chi connectivity index (χ0n) is 27.2. The zero-order valence-corrected chi connectivity index (χ0v) is 29.7. The fourth-order valence-electron chi connectivity index (χ4n) is 3.87. The van der Waals surface area contributed by atoms with Gasteiger partial charge in [-0.15, -0.1) is 0 Å². The van der Waals surface area contributed by atoms with Crippen molar-refractivity contribution in [3.8, 4) is 0 Å². The van der Waals surface area contributed by atoms with Gasteiger partial charge in [0.15, 0.2) is 0 Å². The molecule has 0 fully saturated rings. The van der Waals surface area contributed by atoms with Crippen LogP contribution in [0.4, 0.5) is 4.79 Å². The number of hydrogen-bond donors (Lipinski definition) is 6. The lowest BCUT2D eigenvalue weighted by atomic mass is 10.0. The van der Waals surface area contributed by atoms with Gasteiger partial charge in [-0.2, -0.15) is 0 Å². The van der Waals surface area contributed by atoms with E-state index in [-0.39, 0.29) is 36.4 Å². The summed E-state index contributed by atoms with van der Waals surface area (Å²) < 4.78 is 5.19. The summed E-state index contributed by atoms with van der Waals surface area (Å²) in [5.41, 5.74) is 6.69. The Kier molecular flexibility index (Phi) is 17.2. The molecule has 0 aliphatic heterocycles. The normalized spacial score (nSPS) is 13.6. The number of rotatable bonds is 19. The highest BCUT2D eigenvalue weighted by molar-refractivity contribution is 9.09. The monoisotopic (exact) mass is 721 g/mol. The Morgan fingerprint density at radius 1 is 0.792 bits per heavy atom. The first-order valence-electron chi connectivity index (χ1n) is 15.0. The van der Waals surface area contributed by atoms with Crippen molar-refractivity contribution in [1.82, 2.24) is 21.3 Å². The molecule has 0 heterocycles. The Hall–Kier alpha value is -3.89. The highest BCUT2D eigenvalue weighted by Crippen LogP contribution is 2.43. The smallest absolute Gasteiger partial charge is 0.408 e. The summed E-state index contributed by atoms with van der Waals surface area (Å²) in [6, 6.07) is 12.8. The van der Waals surface area contributed by atoms with Crippen LogP contribution in [0, 0.1) is 0 Å². The minimum Gasteiger partial charge on any atom is -0.480 e. The lowest BCUT2D eigenvalue weighted by Crippen LogP contribution is -2.57. The average Bonchev–Trinajstić information content (AvgIpc) is 3.03. The van der Waals surface area contributed by atoms with Gasteiger partial charge in [-0.05, 0) is 34.3 Å². The van der Waals surface area contributed by atoms with Gasteiger partial charge >= 0.3 is 12.1 Å². The third-order valence-electron chi connectivity index (χ3n) is 6.35. The van der Waals surface area contributed by atoms with Crippen LogP contribution in [0.2, 0.25) is 0 Å². The van der Waals surface area contributed by atoms with Crippen LogP contribution in [-0.4, -0.2) is 75.5 Å². The number of nitrogens with two attached hydrogens (primary N) is 1. The second kappa shape index (κ2) is 20.5. The molecule has 4 atom stereocenters. The van der Waals surface area contributed by atoms with Gasteiger partial charge in [0.25, 0.3) is 0 Å². The molecule has 0 aromatic heterocycles. The SMILES string of the molecule is C[C@H](NC(=O)[C@H](Cc1ccccc1)NC(=O)[C@H](CCC(N)=O)NC(=O)OCc1ccccc1)C(=O)N[C@@H](CSSSC(C)(C)C)C(=O)O. The Morgan fingerprint density at radius 3 is 1.92 bits per heavy atom. The first-order valence-corrected chi connectivity index (χ1v) is 18.7. The van der Waals surface area contributed by atoms with Gasteiger partial charge in [-0.1, -0.05) is 103 Å². The molecule has 48 heavy (non-hydrogen) atoms. The van der Waals surface area contributed by atoms with Gasteiger partial charge in [0.1, 0.15) is 30.8 Å². The summed E-state index contributed by atoms with van der Waals surface area (Å²) in [5.74, 6) is -4.06. The van der Waals surface area contributed by atoms with E-state index in [1.165, 1.54) is 27.5 Å². The van der Waals surface area contributed by atoms with Crippen LogP contribution in [0.5, 0.6) is 0 Å². The molecular weight excluding hydrogens is 679 g/mol. The fourth-order valence-corrected chi connectivity index (χ4v) is 8.64. The van der Waals surface area contributed by atoms with Crippen molar-refractivity contribution < 1.29 is 38.6 Å². The largest absolute Gasteiger partial charge is 0.480 e. The molecule has 0 saturated carbocycles. The molecule has 5 amide bonds. The van der Waals surface area contributed by atoms with Crippen LogP contribution >= 0.6 is 31.4 Å². The molecule has 2 rings (SSSR count). The van der Waals surface area contributed by atoms with Crippen LogP contribution < -0.4 is 27.0 Å². The number of hydrogen-bond acceptors (Lipinski definition) is 10. The Balaban J connectivity index is 2.12. The lowest BCUT2D eigenvalue weighted by molar-refractivity contribution is -0.141. The highest BCUT2D eigenvalue weighted by atomic mass is 33.5. The van der Waals surface area contributed by atoms with Crippen molar-refractivity contribution in [3.05, 3.63) is 71.8 Å². The lowest BCUT2D eigenvalue weighted by Gasteiger charge is -2.25. The van der Waals surface area contributed by atoms with Gasteiger partial charge in [0.05, 0.1) is 0 Å². The van der Waals surface area contributed by atoms with Gasteiger partial charge < -0.3 is 36.8 Å². The molecule has 0 aliphatic carbocycles. The van der Waals surface area contributed by atoms with Crippen LogP contribution in [0.25, 0.3) is 0 Å². The van der Waals surface area contributed by atoms with Crippen LogP contribution in [0.1, 0.15) is 51.7 Å². The number of primary amides is 1. The van der Waals surface area contributed by atoms with Gasteiger partial charge in [-0.25, -0.2) is 9.59 Å². The molecule has 262 valence electrons. The standard InChI is InChI=1S/C32H43N5O8S3/c1-20(27(39)36-25(30(42)43)19-46-48-47-32(2,3)4)34-29(41)24(17-21-11-7-5-8-12-21)35-28(40)23(15-16-26(33)38)37-31(44)45-18-22-13-9-6-10-14-22/h5-14,20,23-25H,15-19H2,1-4H3,(H2,33,38)(H,34,41)(H,35,40)(H,36,39)(H,37,44)(H,42,43)/t20-,23-,24-,25-/m0/s1. The summed E-state index contributed by atoms with van der Waals surface area (Å²) in [5, 5.41) is 19.7. The van der Waals surface area contributed by atoms with Gasteiger partial charge in [0, 0.05) is 23.3 Å². The number of carbonyl (C=O) groups excluding carboxylic acids is 5. The molecule has 0 aliphatic rings. The number of carboxylic acid groups (broad SMARTS) is 1. The number of aliphatic carboxylic acids is 1. The highest BCUT2D eigenvalue weighted by Gasteiger charge is 2.30. The van der Waals surface area contributed by atoms with Crippen molar-refractivity contribution in [2.45, 2.75) is 82.5 Å². The van der Waals surface area contributed by atoms with Crippen molar-refractivity contribution in [3.63, 3.8) is 0 Å². The van der Waals surface area contributed by atoms with E-state index in [1.54, 1.807) is 65.4 Å². The molecule has 2 aromatic rings. The maximum Gasteiger partial charge on any atom is 0.408 e. The second-order valence-electron chi connectivity index (χ2n) is 11.7. The maximum atomic E-state index is 13.5. The molecule has 0 bridgehead atoms. The number of carbonyl (C=O) groups is 6. The number of benzene rings is 2. The van der Waals surface area contributed by atoms with Crippen LogP contribution in [0.15, 0.2) is 60.7 Å². The van der Waals surface area contributed by atoms with Gasteiger partial charge in [-0.3, -0.25) is 19.2 Å². The zero-order chi connectivity index (χ0) is 35.7. The maximum absolute atomic E-state index is 13.5. The summed E-state index contributed by atoms with van der Waals surface area (Å²) >= 11 is 0. The Morgan fingerprint density at radius 2 is 1.35 bits per heavy atom. The quantitative estimate of drug-likeness (QED) is 0.0918. The second-order valence-corrected chi connectivity index (χ2v) is 16.6. The first kappa shape index (κ1) is 40.3. The minimum atomic E-state index is -1.28. The molecule has 0 radical (unpaired) electrons. The van der Waals surface area contributed by atoms with Crippen molar-refractivity contribution in [2.24, 2.45) is 5.73 Å². The molecular formula is C32H43N5O8S3. The average molecular weight is 722 g/mol. The minimum absolute atomic E-state index is 0.0187. The van der Waals surface area contributed by atoms with Crippen LogP contribution in [0.3, 0.4) is 0 Å². The van der Waals surface area contributed by atoms with E-state index in [0.29, 0.717) is 5.56 Å². The predicted molar refractivity (Wildman–Crippen MR) is 189 cm³/mol. The topological polar surface area (TPSA) is 206 Å². The fraction of sp³-hybridized carbons (Fsp3) is 0.438. The van der Waals surface area contributed by atoms with E-state index in [4.69, 9.17) is 10.5 Å². The number of nitrogens with one attached hydrogen (secondary N) is 4. The Bertz CT molecular complexity index is 1380. The first-order chi connectivity index (χ1) is 22.6. The molecule has 16 heteroatoms. The summed E-state index contributed by atoms with van der Waals surface area (Å²) in [6.07, 6.45) is -1.30. The predicted octanol–water partition coefficient (Wildman–Crippen LogP) is 3.18. The van der Waals surface area contributed by atoms with E-state index in [0.717, 1.165) is 5.56 Å². The van der Waals surface area contributed by atoms with Crippen LogP contribution in [-0.2, 0) is 41.7 Å². The number of ether oxygens (including phenoxy) is 1. The van der Waals surface area contributed by atoms with E-state index >= 15 is 0 Å². The molecule has 2 aromatic carbocycles. The molecule has 13 nitrogen and oxygen atoms in total. The van der Waals surface area contributed by atoms with E-state index in [9.17, 15) is 33.9 Å². The third kappa shape index (κ3) is 16.3. The van der Waals surface area contributed by atoms with Crippen molar-refractivity contribution in [1.29, 1.82) is 0 Å². The Labute approximate surface area is 291 Å². The third-order valence-corrected chi connectivity index (χ3v) is 11.4. The molecule has 7 N–H and O–H groups in total. The number of carboxylic acids is 1. The van der Waals surface area contributed by atoms with Crippen molar-refractivity contribution >= 4 is 67.1 Å². The number of amides is 5. The summed E-state index contributed by atoms with van der Waals surface area (Å²) in [6.45, 7) is 7.41. The van der Waals surface area contributed by atoms with Crippen molar-refractivity contribution in [2.75, 3.05) is 5.75 Å².